The van der Waals surface area contributed by atoms with E-state index in [9.17, 15) is 22.4 Å². The number of anilines is 1. The summed E-state index contributed by atoms with van der Waals surface area (Å²) in [7, 11) is 1.61. The average molecular weight is 499 g/mol. The third-order valence-corrected chi connectivity index (χ3v) is 7.27. The molecule has 8 nitrogen and oxygen atoms in total. The summed E-state index contributed by atoms with van der Waals surface area (Å²) >= 11 is 1.11. The van der Waals surface area contributed by atoms with E-state index in [2.05, 4.69) is 26.1 Å². The second-order valence-electron chi connectivity index (χ2n) is 8.48. The smallest absolute Gasteiger partial charge is 0.378 e. The number of hydrogen-bond donors (Lipinski definition) is 3. The van der Waals surface area contributed by atoms with Crippen LogP contribution in [0, 0.1) is 0 Å². The van der Waals surface area contributed by atoms with E-state index in [4.69, 9.17) is 4.52 Å². The number of carbonyl (C=O) groups is 1. The van der Waals surface area contributed by atoms with Gasteiger partial charge in [-0.3, -0.25) is 0 Å². The minimum atomic E-state index is -4.46. The minimum Gasteiger partial charge on any atom is -0.378 e. The highest BCUT2D eigenvalue weighted by Crippen LogP contribution is 2.44. The Bertz CT molecular complexity index is 1210. The van der Waals surface area contributed by atoms with E-state index in [0.29, 0.717) is 35.3 Å². The van der Waals surface area contributed by atoms with Gasteiger partial charge in [0.1, 0.15) is 12.2 Å². The Morgan fingerprint density at radius 1 is 1.35 bits per heavy atom. The first-order valence-electron chi connectivity index (χ1n) is 10.8. The van der Waals surface area contributed by atoms with Gasteiger partial charge < -0.3 is 25.4 Å². The number of halogens is 4. The van der Waals surface area contributed by atoms with Gasteiger partial charge in [-0.1, -0.05) is 17.3 Å². The molecule has 1 aromatic carbocycles. The molecule has 34 heavy (non-hydrogen) atoms. The van der Waals surface area contributed by atoms with Crippen molar-refractivity contribution in [3.8, 4) is 10.7 Å². The molecule has 2 aliphatic rings. The monoisotopic (exact) mass is 498 g/mol. The van der Waals surface area contributed by atoms with Crippen LogP contribution in [0.3, 0.4) is 0 Å². The van der Waals surface area contributed by atoms with Gasteiger partial charge >= 0.3 is 12.2 Å². The molecular formula is C21H22F4N6O2S. The van der Waals surface area contributed by atoms with Crippen LogP contribution >= 0.6 is 11.3 Å². The van der Waals surface area contributed by atoms with Crippen LogP contribution in [0.15, 0.2) is 22.7 Å². The van der Waals surface area contributed by atoms with E-state index in [1.165, 1.54) is 4.90 Å². The Morgan fingerprint density at radius 2 is 2.18 bits per heavy atom. The maximum atomic E-state index is 14.4. The second kappa shape index (κ2) is 8.69. The number of urea groups is 1. The first kappa shape index (κ1) is 22.8. The summed E-state index contributed by atoms with van der Waals surface area (Å²) < 4.78 is 60.8. The van der Waals surface area contributed by atoms with Crippen molar-refractivity contribution in [2.24, 2.45) is 0 Å². The van der Waals surface area contributed by atoms with Crippen LogP contribution in [0.4, 0.5) is 28.0 Å². The summed E-state index contributed by atoms with van der Waals surface area (Å²) in [4.78, 5) is 17.7. The third kappa shape index (κ3) is 4.41. The molecule has 13 heteroatoms. The molecule has 0 unspecified atom stereocenters. The minimum absolute atomic E-state index is 0.0236. The lowest BCUT2D eigenvalue weighted by atomic mass is 10.0. The van der Waals surface area contributed by atoms with Crippen LogP contribution in [-0.4, -0.2) is 66.1 Å². The molecule has 5 rings (SSSR count). The normalized spacial score (nSPS) is 23.5. The third-order valence-electron chi connectivity index (χ3n) is 5.99. The number of alkyl halides is 4. The lowest BCUT2D eigenvalue weighted by Gasteiger charge is -2.28. The molecule has 0 spiro atoms. The van der Waals surface area contributed by atoms with E-state index < -0.39 is 30.9 Å². The SMILES string of the molecule is CN1C[C@H](c2nc(-c3sc4c(N[C@@H]5CCNC[C@@H]5F)cccc4c3CC(F)(F)F)no2)NC1=O. The van der Waals surface area contributed by atoms with Gasteiger partial charge in [-0.15, -0.1) is 11.3 Å². The van der Waals surface area contributed by atoms with Crippen molar-refractivity contribution in [3.05, 3.63) is 29.7 Å². The highest BCUT2D eigenvalue weighted by molar-refractivity contribution is 7.23. The first-order valence-corrected chi connectivity index (χ1v) is 11.6. The van der Waals surface area contributed by atoms with Crippen molar-refractivity contribution in [1.82, 2.24) is 25.7 Å². The van der Waals surface area contributed by atoms with Gasteiger partial charge in [-0.2, -0.15) is 18.2 Å². The van der Waals surface area contributed by atoms with E-state index in [1.54, 1.807) is 25.2 Å². The van der Waals surface area contributed by atoms with Crippen LogP contribution in [0.5, 0.6) is 0 Å². The number of rotatable bonds is 5. The molecule has 182 valence electrons. The lowest BCUT2D eigenvalue weighted by molar-refractivity contribution is -0.126. The second-order valence-corrected chi connectivity index (χ2v) is 9.50. The zero-order valence-corrected chi connectivity index (χ0v) is 18.9. The van der Waals surface area contributed by atoms with E-state index in [0.717, 1.165) is 11.3 Å². The molecule has 0 radical (unpaired) electrons. The van der Waals surface area contributed by atoms with Crippen LogP contribution in [-0.2, 0) is 6.42 Å². The maximum absolute atomic E-state index is 14.4. The maximum Gasteiger partial charge on any atom is 0.393 e. The Kier molecular flexibility index (Phi) is 5.84. The zero-order chi connectivity index (χ0) is 24.0. The molecule has 0 bridgehead atoms. The number of fused-ring (bicyclic) bond motifs is 1. The molecule has 2 aromatic heterocycles. The topological polar surface area (TPSA) is 95.3 Å². The number of amides is 2. The largest absolute Gasteiger partial charge is 0.393 e. The van der Waals surface area contributed by atoms with E-state index >= 15 is 0 Å². The molecule has 2 fully saturated rings. The summed E-state index contributed by atoms with van der Waals surface area (Å²) in [6.07, 6.45) is -6.18. The number of hydrogen-bond acceptors (Lipinski definition) is 7. The summed E-state index contributed by atoms with van der Waals surface area (Å²) in [6.45, 7) is 1.18. The molecule has 3 N–H and O–H groups in total. The summed E-state index contributed by atoms with van der Waals surface area (Å²) in [5.74, 6) is 0.145. The molecule has 2 amide bonds. The van der Waals surface area contributed by atoms with Crippen molar-refractivity contribution >= 4 is 33.1 Å². The molecule has 0 saturated carbocycles. The molecule has 0 aliphatic carbocycles. The molecule has 3 atom stereocenters. The quantitative estimate of drug-likeness (QED) is 0.463. The number of benzene rings is 1. The molecule has 2 saturated heterocycles. The van der Waals surface area contributed by atoms with E-state index in [-0.39, 0.29) is 34.7 Å². The van der Waals surface area contributed by atoms with Crippen molar-refractivity contribution < 1.29 is 26.9 Å². The number of aromatic nitrogens is 2. The number of likely N-dealkylation sites (N-methyl/N-ethyl adjacent to an activating group) is 1. The number of carbonyl (C=O) groups excluding carboxylic acids is 1. The average Bonchev–Trinajstić information content (AvgIpc) is 3.47. The van der Waals surface area contributed by atoms with Gasteiger partial charge in [0.2, 0.25) is 5.82 Å². The first-order chi connectivity index (χ1) is 16.2. The van der Waals surface area contributed by atoms with Gasteiger partial charge in [0.15, 0.2) is 0 Å². The van der Waals surface area contributed by atoms with Crippen LogP contribution in [0.2, 0.25) is 0 Å². The van der Waals surface area contributed by atoms with Crippen LogP contribution < -0.4 is 16.0 Å². The number of piperidine rings is 1. The van der Waals surface area contributed by atoms with Gasteiger partial charge in [-0.05, 0) is 30.0 Å². The Morgan fingerprint density at radius 3 is 2.88 bits per heavy atom. The van der Waals surface area contributed by atoms with Gasteiger partial charge in [0.05, 0.1) is 34.3 Å². The van der Waals surface area contributed by atoms with E-state index in [1.807, 2.05) is 0 Å². The fourth-order valence-corrected chi connectivity index (χ4v) is 5.52. The summed E-state index contributed by atoms with van der Waals surface area (Å²) in [6, 6.07) is 3.72. The number of nitrogens with zero attached hydrogens (tertiary/aromatic N) is 3. The van der Waals surface area contributed by atoms with Gasteiger partial charge in [0.25, 0.3) is 5.89 Å². The van der Waals surface area contributed by atoms with Crippen molar-refractivity contribution in [1.29, 1.82) is 0 Å². The van der Waals surface area contributed by atoms with Gasteiger partial charge in [0, 0.05) is 13.6 Å². The summed E-state index contributed by atoms with van der Waals surface area (Å²) in [5, 5.41) is 13.2. The lowest BCUT2D eigenvalue weighted by Crippen LogP contribution is -2.45. The highest BCUT2D eigenvalue weighted by atomic mass is 32.1. The zero-order valence-electron chi connectivity index (χ0n) is 18.1. The van der Waals surface area contributed by atoms with Crippen molar-refractivity contribution in [2.75, 3.05) is 32.0 Å². The molecule has 4 heterocycles. The number of nitrogens with one attached hydrogen (secondary N) is 3. The highest BCUT2D eigenvalue weighted by Gasteiger charge is 2.35. The Hall–Kier alpha value is -2.93. The molecule has 3 aromatic rings. The van der Waals surface area contributed by atoms with Crippen LogP contribution in [0.1, 0.15) is 23.9 Å². The molecular weight excluding hydrogens is 476 g/mol. The predicted molar refractivity (Wildman–Crippen MR) is 119 cm³/mol. The molecule has 2 aliphatic heterocycles. The van der Waals surface area contributed by atoms with Crippen molar-refractivity contribution in [2.45, 2.75) is 37.3 Å². The Labute approximate surface area is 195 Å². The fourth-order valence-electron chi connectivity index (χ4n) is 4.29. The summed E-state index contributed by atoms with van der Waals surface area (Å²) in [5.41, 5.74) is 0.610. The number of thiophene rings is 1. The fraction of sp³-hybridized carbons (Fsp3) is 0.476. The standard InChI is InChI=1S/C21H22F4N6O2S/c1-31-9-15(28-20(31)32)19-29-18(30-33-19)17-11(7-21(23,24)25)10-3-2-4-14(16(10)34-17)27-13-5-6-26-8-12(13)22/h2-4,12-13,15,26-27H,5-9H2,1H3,(H,28,32)/t12-,13+,15+/m0/s1. The van der Waals surface area contributed by atoms with Gasteiger partial charge in [-0.25, -0.2) is 9.18 Å². The van der Waals surface area contributed by atoms with Crippen LogP contribution in [0.25, 0.3) is 20.8 Å². The van der Waals surface area contributed by atoms with Crippen molar-refractivity contribution in [3.63, 3.8) is 0 Å². The predicted octanol–water partition coefficient (Wildman–Crippen LogP) is 3.86. The Balaban J connectivity index is 1.54.